The number of amides is 2. The van der Waals surface area contributed by atoms with Gasteiger partial charge in [0.15, 0.2) is 0 Å². The number of benzene rings is 2. The molecule has 1 unspecified atom stereocenters. The quantitative estimate of drug-likeness (QED) is 0.566. The molecule has 1 atom stereocenters. The summed E-state index contributed by atoms with van der Waals surface area (Å²) in [5.74, 6) is -1.37. The number of H-pyrrole nitrogens is 1. The van der Waals surface area contributed by atoms with Crippen molar-refractivity contribution in [3.05, 3.63) is 74.7 Å². The van der Waals surface area contributed by atoms with Crippen LogP contribution in [0.1, 0.15) is 22.8 Å². The van der Waals surface area contributed by atoms with E-state index in [0.29, 0.717) is 11.3 Å². The number of hydrogen-bond donors (Lipinski definition) is 2. The number of rotatable bonds is 7. The highest BCUT2D eigenvalue weighted by molar-refractivity contribution is 7.98. The predicted molar refractivity (Wildman–Crippen MR) is 124 cm³/mol. The number of carbonyl (C=O) groups is 2. The van der Waals surface area contributed by atoms with Gasteiger partial charge in [-0.1, -0.05) is 12.1 Å². The summed E-state index contributed by atoms with van der Waals surface area (Å²) in [5.41, 5.74) is -0.908. The average molecular weight is 459 g/mol. The molecule has 0 bridgehead atoms. The van der Waals surface area contributed by atoms with Gasteiger partial charge in [-0.05, 0) is 48.8 Å². The van der Waals surface area contributed by atoms with Crippen LogP contribution in [0.2, 0.25) is 0 Å². The zero-order chi connectivity index (χ0) is 23.4. The third kappa shape index (κ3) is 4.75. The van der Waals surface area contributed by atoms with E-state index < -0.39 is 34.9 Å². The Kier molecular flexibility index (Phi) is 7.14. The molecule has 1 aromatic heterocycles. The largest absolute Gasteiger partial charge is 0.345 e. The lowest BCUT2D eigenvalue weighted by atomic mass is 10.1. The van der Waals surface area contributed by atoms with E-state index in [-0.39, 0.29) is 23.1 Å². The van der Waals surface area contributed by atoms with Crippen LogP contribution < -0.4 is 16.6 Å². The molecule has 0 spiro atoms. The molecule has 2 aromatic carbocycles. The van der Waals surface area contributed by atoms with Gasteiger partial charge >= 0.3 is 5.69 Å². The third-order valence-electron chi connectivity index (χ3n) is 4.92. The first-order valence-electron chi connectivity index (χ1n) is 9.79. The minimum atomic E-state index is -1.10. The van der Waals surface area contributed by atoms with Crippen molar-refractivity contribution >= 4 is 40.2 Å². The Balaban J connectivity index is 2.01. The number of halogens is 1. The minimum Gasteiger partial charge on any atom is -0.345 e. The van der Waals surface area contributed by atoms with Gasteiger partial charge in [0.05, 0.1) is 16.5 Å². The molecule has 0 radical (unpaired) electrons. The summed E-state index contributed by atoms with van der Waals surface area (Å²) in [4.78, 5) is 54.9. The third-order valence-corrected chi connectivity index (χ3v) is 5.56. The summed E-state index contributed by atoms with van der Waals surface area (Å²) in [7, 11) is 2.98. The molecule has 0 saturated heterocycles. The van der Waals surface area contributed by atoms with Crippen molar-refractivity contribution in [2.45, 2.75) is 12.5 Å². The topological polar surface area (TPSA) is 104 Å². The highest BCUT2D eigenvalue weighted by Crippen LogP contribution is 2.19. The maximum absolute atomic E-state index is 14.1. The van der Waals surface area contributed by atoms with E-state index in [1.807, 2.05) is 6.26 Å². The van der Waals surface area contributed by atoms with Crippen LogP contribution >= 0.6 is 11.8 Å². The van der Waals surface area contributed by atoms with Crippen LogP contribution in [0.25, 0.3) is 10.9 Å². The Morgan fingerprint density at radius 3 is 2.59 bits per heavy atom. The van der Waals surface area contributed by atoms with Gasteiger partial charge in [-0.3, -0.25) is 14.4 Å². The Bertz CT molecular complexity index is 1280. The molecule has 2 amide bonds. The smallest absolute Gasteiger partial charge is 0.329 e. The molecule has 10 heteroatoms. The first-order chi connectivity index (χ1) is 15.2. The van der Waals surface area contributed by atoms with Crippen LogP contribution in [0.5, 0.6) is 0 Å². The Morgan fingerprint density at radius 2 is 1.91 bits per heavy atom. The SMILES string of the molecule is CSCCC(C(=O)Nc1ccc(F)c(C(=O)N(C)C)c1)n1c(=O)[nH]c2ccccc2c1=O. The van der Waals surface area contributed by atoms with Gasteiger partial charge in [0, 0.05) is 19.8 Å². The predicted octanol–water partition coefficient (Wildman–Crippen LogP) is 2.46. The maximum Gasteiger partial charge on any atom is 0.329 e. The van der Waals surface area contributed by atoms with E-state index >= 15 is 0 Å². The standard InChI is InChI=1S/C22H23FN4O4S/c1-26(2)20(29)15-12-13(8-9-16(15)23)24-19(28)18(10-11-32-3)27-21(30)14-6-4-5-7-17(14)25-22(27)31/h4-9,12,18H,10-11H2,1-3H3,(H,24,28)(H,25,31). The van der Waals surface area contributed by atoms with Crippen LogP contribution in [0.15, 0.2) is 52.1 Å². The number of para-hydroxylation sites is 1. The van der Waals surface area contributed by atoms with Crippen LogP contribution in [0, 0.1) is 5.82 Å². The molecule has 2 N–H and O–H groups in total. The Labute approximate surface area is 187 Å². The molecule has 1 heterocycles. The lowest BCUT2D eigenvalue weighted by Gasteiger charge is -2.19. The molecule has 0 aliphatic rings. The molecule has 0 aliphatic carbocycles. The Hall–Kier alpha value is -3.40. The molecule has 0 saturated carbocycles. The van der Waals surface area contributed by atoms with E-state index in [1.54, 1.807) is 24.3 Å². The monoisotopic (exact) mass is 458 g/mol. The summed E-state index contributed by atoms with van der Waals surface area (Å²) < 4.78 is 15.0. The van der Waals surface area contributed by atoms with Gasteiger partial charge < -0.3 is 15.2 Å². The van der Waals surface area contributed by atoms with Gasteiger partial charge in [0.2, 0.25) is 5.91 Å². The zero-order valence-electron chi connectivity index (χ0n) is 17.8. The second-order valence-electron chi connectivity index (χ2n) is 7.33. The van der Waals surface area contributed by atoms with Gasteiger partial charge in [-0.25, -0.2) is 13.8 Å². The maximum atomic E-state index is 14.1. The molecule has 3 aromatic rings. The fourth-order valence-electron chi connectivity index (χ4n) is 3.30. The Morgan fingerprint density at radius 1 is 1.19 bits per heavy atom. The number of hydrogen-bond acceptors (Lipinski definition) is 5. The second kappa shape index (κ2) is 9.82. The van der Waals surface area contributed by atoms with Crippen molar-refractivity contribution in [3.63, 3.8) is 0 Å². The highest BCUT2D eigenvalue weighted by atomic mass is 32.2. The zero-order valence-corrected chi connectivity index (χ0v) is 18.7. The van der Waals surface area contributed by atoms with Crippen molar-refractivity contribution in [2.24, 2.45) is 0 Å². The molecule has 3 rings (SSSR count). The number of aromatic amines is 1. The molecular weight excluding hydrogens is 435 g/mol. The molecular formula is C22H23FN4O4S. The van der Waals surface area contributed by atoms with E-state index in [9.17, 15) is 23.6 Å². The van der Waals surface area contributed by atoms with Crippen LogP contribution in [-0.4, -0.2) is 52.4 Å². The normalized spacial score (nSPS) is 11.9. The lowest BCUT2D eigenvalue weighted by Crippen LogP contribution is -2.43. The van der Waals surface area contributed by atoms with E-state index in [0.717, 1.165) is 10.6 Å². The first-order valence-corrected chi connectivity index (χ1v) is 11.2. The number of thioether (sulfide) groups is 1. The fourth-order valence-corrected chi connectivity index (χ4v) is 3.76. The summed E-state index contributed by atoms with van der Waals surface area (Å²) in [5, 5.41) is 2.90. The number of anilines is 1. The van der Waals surface area contributed by atoms with Crippen molar-refractivity contribution < 1.29 is 14.0 Å². The van der Waals surface area contributed by atoms with Crippen molar-refractivity contribution in [1.29, 1.82) is 0 Å². The van der Waals surface area contributed by atoms with Gasteiger partial charge in [-0.15, -0.1) is 0 Å². The van der Waals surface area contributed by atoms with Gasteiger partial charge in [0.1, 0.15) is 11.9 Å². The number of fused-ring (bicyclic) bond motifs is 1. The molecule has 0 aliphatic heterocycles. The van der Waals surface area contributed by atoms with E-state index in [1.165, 1.54) is 42.9 Å². The van der Waals surface area contributed by atoms with Crippen LogP contribution in [0.4, 0.5) is 10.1 Å². The molecule has 168 valence electrons. The van der Waals surface area contributed by atoms with E-state index in [4.69, 9.17) is 0 Å². The first kappa shape index (κ1) is 23.3. The van der Waals surface area contributed by atoms with Crippen molar-refractivity contribution in [1.82, 2.24) is 14.5 Å². The summed E-state index contributed by atoms with van der Waals surface area (Å²) >= 11 is 1.47. The lowest BCUT2D eigenvalue weighted by molar-refractivity contribution is -0.119. The highest BCUT2D eigenvalue weighted by Gasteiger charge is 2.25. The molecule has 8 nitrogen and oxygen atoms in total. The van der Waals surface area contributed by atoms with Crippen molar-refractivity contribution in [3.8, 4) is 0 Å². The van der Waals surface area contributed by atoms with Gasteiger partial charge in [0.25, 0.3) is 11.5 Å². The van der Waals surface area contributed by atoms with Crippen LogP contribution in [-0.2, 0) is 4.79 Å². The summed E-state index contributed by atoms with van der Waals surface area (Å²) in [6, 6.07) is 9.09. The average Bonchev–Trinajstić information content (AvgIpc) is 2.76. The number of nitrogens with one attached hydrogen (secondary N) is 2. The van der Waals surface area contributed by atoms with Gasteiger partial charge in [-0.2, -0.15) is 11.8 Å². The number of nitrogens with zero attached hydrogens (tertiary/aromatic N) is 2. The second-order valence-corrected chi connectivity index (χ2v) is 8.32. The van der Waals surface area contributed by atoms with E-state index in [2.05, 4.69) is 10.3 Å². The fraction of sp³-hybridized carbons (Fsp3) is 0.273. The van der Waals surface area contributed by atoms with Crippen molar-refractivity contribution in [2.75, 3.05) is 31.4 Å². The summed E-state index contributed by atoms with van der Waals surface area (Å²) in [6.45, 7) is 0. The number of carbonyl (C=O) groups excluding carboxylic acids is 2. The summed E-state index contributed by atoms with van der Waals surface area (Å²) in [6.07, 6.45) is 2.07. The molecule has 0 fully saturated rings. The molecule has 32 heavy (non-hydrogen) atoms. The number of aromatic nitrogens is 2. The minimum absolute atomic E-state index is 0.181. The van der Waals surface area contributed by atoms with Crippen LogP contribution in [0.3, 0.4) is 0 Å².